The van der Waals surface area contributed by atoms with Crippen molar-refractivity contribution in [2.75, 3.05) is 6.61 Å². The van der Waals surface area contributed by atoms with E-state index in [0.29, 0.717) is 6.07 Å². The van der Waals surface area contributed by atoms with Crippen LogP contribution in [0, 0.1) is 3.57 Å². The molecule has 1 N–H and O–H groups in total. The van der Waals surface area contributed by atoms with E-state index in [9.17, 15) is 13.2 Å². The first-order valence-corrected chi connectivity index (χ1v) is 5.16. The van der Waals surface area contributed by atoms with Crippen molar-refractivity contribution in [3.8, 4) is 11.5 Å². The molecule has 0 saturated heterocycles. The summed E-state index contributed by atoms with van der Waals surface area (Å²) in [5, 5.41) is 9.12. The molecular formula is C9H8F3IO2. The summed E-state index contributed by atoms with van der Waals surface area (Å²) in [5.41, 5.74) is -0.883. The van der Waals surface area contributed by atoms with Gasteiger partial charge in [-0.1, -0.05) is 0 Å². The van der Waals surface area contributed by atoms with Crippen molar-refractivity contribution in [2.24, 2.45) is 0 Å². The lowest BCUT2D eigenvalue weighted by Crippen LogP contribution is -2.09. The van der Waals surface area contributed by atoms with Crippen molar-refractivity contribution in [1.82, 2.24) is 0 Å². The van der Waals surface area contributed by atoms with Crippen LogP contribution in [0.2, 0.25) is 0 Å². The molecule has 2 nitrogen and oxygen atoms in total. The lowest BCUT2D eigenvalue weighted by molar-refractivity contribution is -0.138. The minimum absolute atomic E-state index is 0.0419. The second kappa shape index (κ2) is 4.46. The Kier molecular flexibility index (Phi) is 3.69. The van der Waals surface area contributed by atoms with E-state index in [1.54, 1.807) is 29.5 Å². The minimum Gasteiger partial charge on any atom is -0.508 e. The number of hydrogen-bond acceptors (Lipinski definition) is 2. The van der Waals surface area contributed by atoms with Gasteiger partial charge in [-0.25, -0.2) is 0 Å². The van der Waals surface area contributed by atoms with Gasteiger partial charge in [0.05, 0.1) is 15.7 Å². The van der Waals surface area contributed by atoms with Gasteiger partial charge in [-0.3, -0.25) is 0 Å². The molecule has 0 unspecified atom stereocenters. The number of phenols is 1. The van der Waals surface area contributed by atoms with Crippen LogP contribution < -0.4 is 4.74 Å². The maximum absolute atomic E-state index is 12.5. The molecule has 0 aliphatic rings. The van der Waals surface area contributed by atoms with Gasteiger partial charge in [0, 0.05) is 6.07 Å². The first-order valence-electron chi connectivity index (χ1n) is 4.08. The van der Waals surface area contributed by atoms with Gasteiger partial charge in [0.2, 0.25) is 0 Å². The molecule has 0 atom stereocenters. The average molecular weight is 332 g/mol. The number of phenolic OH excluding ortho intramolecular Hbond substituents is 1. The molecule has 1 aromatic rings. The molecule has 0 aromatic heterocycles. The number of alkyl halides is 3. The molecule has 1 rings (SSSR count). The van der Waals surface area contributed by atoms with E-state index in [4.69, 9.17) is 9.84 Å². The molecule has 84 valence electrons. The van der Waals surface area contributed by atoms with Crippen molar-refractivity contribution in [3.05, 3.63) is 21.3 Å². The summed E-state index contributed by atoms with van der Waals surface area (Å²) >= 11 is 1.55. The maximum atomic E-state index is 12.5. The molecule has 0 aliphatic carbocycles. The van der Waals surface area contributed by atoms with Gasteiger partial charge in [0.25, 0.3) is 0 Å². The van der Waals surface area contributed by atoms with E-state index in [1.807, 2.05) is 0 Å². The number of aromatic hydroxyl groups is 1. The van der Waals surface area contributed by atoms with Crippen molar-refractivity contribution >= 4 is 22.6 Å². The van der Waals surface area contributed by atoms with Crippen LogP contribution in [0.3, 0.4) is 0 Å². The van der Waals surface area contributed by atoms with Crippen LogP contribution in [0.1, 0.15) is 12.5 Å². The van der Waals surface area contributed by atoms with Crippen LogP contribution in [0.4, 0.5) is 13.2 Å². The van der Waals surface area contributed by atoms with Gasteiger partial charge in [0.15, 0.2) is 0 Å². The van der Waals surface area contributed by atoms with E-state index < -0.39 is 17.5 Å². The van der Waals surface area contributed by atoms with Crippen LogP contribution in [-0.4, -0.2) is 11.7 Å². The molecule has 0 heterocycles. The summed E-state index contributed by atoms with van der Waals surface area (Å²) in [4.78, 5) is 0. The average Bonchev–Trinajstić information content (AvgIpc) is 2.09. The quantitative estimate of drug-likeness (QED) is 0.841. The van der Waals surface area contributed by atoms with Gasteiger partial charge >= 0.3 is 6.18 Å². The summed E-state index contributed by atoms with van der Waals surface area (Å²) < 4.78 is 42.4. The fourth-order valence-corrected chi connectivity index (χ4v) is 1.82. The third kappa shape index (κ3) is 2.90. The largest absolute Gasteiger partial charge is 0.508 e. The second-order valence-corrected chi connectivity index (χ2v) is 3.81. The standard InChI is InChI=1S/C9H8F3IO2/c1-2-15-7-4-5(14)3-6(8(7)13)9(10,11)12/h3-4,14H,2H2,1H3. The van der Waals surface area contributed by atoms with Crippen molar-refractivity contribution in [1.29, 1.82) is 0 Å². The molecule has 6 heteroatoms. The highest BCUT2D eigenvalue weighted by atomic mass is 127. The van der Waals surface area contributed by atoms with Crippen LogP contribution in [-0.2, 0) is 6.18 Å². The lowest BCUT2D eigenvalue weighted by Gasteiger charge is -2.13. The predicted molar refractivity (Wildman–Crippen MR) is 57.0 cm³/mol. The highest BCUT2D eigenvalue weighted by Gasteiger charge is 2.34. The Hall–Kier alpha value is -0.660. The summed E-state index contributed by atoms with van der Waals surface area (Å²) in [6.45, 7) is 1.91. The molecule has 0 saturated carbocycles. The first-order chi connectivity index (χ1) is 6.86. The van der Waals surface area contributed by atoms with E-state index >= 15 is 0 Å². The van der Waals surface area contributed by atoms with Gasteiger partial charge in [-0.05, 0) is 35.6 Å². The maximum Gasteiger partial charge on any atom is 0.417 e. The van der Waals surface area contributed by atoms with Crippen LogP contribution in [0.25, 0.3) is 0 Å². The highest BCUT2D eigenvalue weighted by molar-refractivity contribution is 14.1. The third-order valence-corrected chi connectivity index (χ3v) is 2.74. The van der Waals surface area contributed by atoms with Gasteiger partial charge < -0.3 is 9.84 Å². The number of ether oxygens (including phenoxy) is 1. The Morgan fingerprint density at radius 2 is 2.00 bits per heavy atom. The lowest BCUT2D eigenvalue weighted by atomic mass is 10.2. The Balaban J connectivity index is 3.28. The smallest absolute Gasteiger partial charge is 0.417 e. The Morgan fingerprint density at radius 3 is 2.47 bits per heavy atom. The Labute approximate surface area is 98.2 Å². The molecule has 0 spiro atoms. The monoisotopic (exact) mass is 332 g/mol. The second-order valence-electron chi connectivity index (χ2n) is 2.74. The van der Waals surface area contributed by atoms with E-state index in [2.05, 4.69) is 0 Å². The number of halogens is 4. The van der Waals surface area contributed by atoms with Crippen LogP contribution >= 0.6 is 22.6 Å². The van der Waals surface area contributed by atoms with Crippen LogP contribution in [0.15, 0.2) is 12.1 Å². The first kappa shape index (κ1) is 12.4. The molecular weight excluding hydrogens is 324 g/mol. The molecule has 0 fully saturated rings. The minimum atomic E-state index is -4.49. The number of hydrogen-bond donors (Lipinski definition) is 1. The van der Waals surface area contributed by atoms with E-state index in [-0.39, 0.29) is 15.9 Å². The number of benzene rings is 1. The molecule has 0 aliphatic heterocycles. The van der Waals surface area contributed by atoms with Gasteiger partial charge in [-0.15, -0.1) is 0 Å². The highest BCUT2D eigenvalue weighted by Crippen LogP contribution is 2.39. The van der Waals surface area contributed by atoms with Crippen LogP contribution in [0.5, 0.6) is 11.5 Å². The fourth-order valence-electron chi connectivity index (χ4n) is 1.05. The molecule has 1 aromatic carbocycles. The molecule has 15 heavy (non-hydrogen) atoms. The summed E-state index contributed by atoms with van der Waals surface area (Å²) in [5.74, 6) is -0.406. The fraction of sp³-hybridized carbons (Fsp3) is 0.333. The topological polar surface area (TPSA) is 29.5 Å². The normalized spacial score (nSPS) is 11.5. The Morgan fingerprint density at radius 1 is 1.40 bits per heavy atom. The summed E-state index contributed by atoms with van der Waals surface area (Å²) in [6, 6.07) is 1.85. The zero-order chi connectivity index (χ0) is 11.6. The molecule has 0 bridgehead atoms. The van der Waals surface area contributed by atoms with Gasteiger partial charge in [-0.2, -0.15) is 13.2 Å². The van der Waals surface area contributed by atoms with E-state index in [1.165, 1.54) is 6.07 Å². The summed E-state index contributed by atoms with van der Waals surface area (Å²) in [7, 11) is 0. The SMILES string of the molecule is CCOc1cc(O)cc(C(F)(F)F)c1I. The number of rotatable bonds is 2. The molecule has 0 radical (unpaired) electrons. The predicted octanol–water partition coefficient (Wildman–Crippen LogP) is 3.41. The van der Waals surface area contributed by atoms with Crippen molar-refractivity contribution < 1.29 is 23.0 Å². The van der Waals surface area contributed by atoms with Crippen molar-refractivity contribution in [2.45, 2.75) is 13.1 Å². The zero-order valence-electron chi connectivity index (χ0n) is 7.73. The third-order valence-electron chi connectivity index (χ3n) is 1.63. The Bertz CT molecular complexity index is 363. The summed E-state index contributed by atoms with van der Waals surface area (Å²) in [6.07, 6.45) is -4.49. The van der Waals surface area contributed by atoms with E-state index in [0.717, 1.165) is 0 Å². The molecule has 0 amide bonds. The van der Waals surface area contributed by atoms with Gasteiger partial charge in [0.1, 0.15) is 11.5 Å². The zero-order valence-corrected chi connectivity index (χ0v) is 9.89. The van der Waals surface area contributed by atoms with Crippen molar-refractivity contribution in [3.63, 3.8) is 0 Å².